The van der Waals surface area contributed by atoms with Gasteiger partial charge in [0.05, 0.1) is 11.9 Å². The standard InChI is InChI=1S/C18H21ClF3N5O5S.Na/c1-26-10-15(9-23-26)27(14-2-4-31-5-3-14)33(29,30)25-17(28)24-13-6-12(19)7-16(8-13)32-11-18(20,21)22;/h6-10,14H,2-5,11H2,1H3,(H2,24,25,28);/q;+1/p-1. The van der Waals surface area contributed by atoms with Crippen LogP contribution in [0.5, 0.6) is 5.75 Å². The number of halogens is 4. The summed E-state index contributed by atoms with van der Waals surface area (Å²) in [4.78, 5) is 12.4. The summed E-state index contributed by atoms with van der Waals surface area (Å²) in [7, 11) is -2.90. The van der Waals surface area contributed by atoms with Gasteiger partial charge in [0.25, 0.3) is 10.2 Å². The largest absolute Gasteiger partial charge is 1.00 e. The van der Waals surface area contributed by atoms with E-state index < -0.39 is 35.1 Å². The molecule has 1 aliphatic heterocycles. The van der Waals surface area contributed by atoms with Crippen LogP contribution in [0.15, 0.2) is 30.6 Å². The summed E-state index contributed by atoms with van der Waals surface area (Å²) in [5.41, 5.74) is 0.133. The van der Waals surface area contributed by atoms with E-state index in [4.69, 9.17) is 16.3 Å². The van der Waals surface area contributed by atoms with Crippen LogP contribution < -0.4 is 43.9 Å². The molecule has 182 valence electrons. The van der Waals surface area contributed by atoms with Gasteiger partial charge in [-0.1, -0.05) is 11.6 Å². The summed E-state index contributed by atoms with van der Waals surface area (Å²) < 4.78 is 78.8. The Hall–Kier alpha value is -1.71. The summed E-state index contributed by atoms with van der Waals surface area (Å²) in [6.07, 6.45) is -0.989. The molecule has 0 atom stereocenters. The first-order valence-corrected chi connectivity index (χ1v) is 11.4. The first-order chi connectivity index (χ1) is 15.4. The molecule has 0 spiro atoms. The summed E-state index contributed by atoms with van der Waals surface area (Å²) >= 11 is 5.86. The van der Waals surface area contributed by atoms with E-state index in [1.165, 1.54) is 23.1 Å². The zero-order valence-corrected chi connectivity index (χ0v) is 21.8. The smallest absolute Gasteiger partial charge is 0.484 e. The van der Waals surface area contributed by atoms with E-state index in [1.54, 1.807) is 7.05 Å². The Morgan fingerprint density at radius 2 is 2.03 bits per heavy atom. The Kier molecular flexibility index (Phi) is 9.91. The normalized spacial score (nSPS) is 14.7. The van der Waals surface area contributed by atoms with Crippen molar-refractivity contribution in [1.82, 2.24) is 9.78 Å². The van der Waals surface area contributed by atoms with Crippen LogP contribution in [0.4, 0.5) is 29.3 Å². The minimum absolute atomic E-state index is 0. The third-order valence-corrected chi connectivity index (χ3v) is 6.06. The molecule has 2 heterocycles. The summed E-state index contributed by atoms with van der Waals surface area (Å²) in [6, 6.07) is 1.62. The maximum Gasteiger partial charge on any atom is 1.00 e. The Balaban J connectivity index is 0.00000408. The van der Waals surface area contributed by atoms with E-state index in [0.29, 0.717) is 26.1 Å². The van der Waals surface area contributed by atoms with Gasteiger partial charge >= 0.3 is 35.7 Å². The van der Waals surface area contributed by atoms with Crippen LogP contribution in [0.25, 0.3) is 4.72 Å². The zero-order valence-electron chi connectivity index (χ0n) is 18.2. The molecule has 1 N–H and O–H groups in total. The third-order valence-electron chi connectivity index (χ3n) is 4.44. The predicted octanol–water partition coefficient (Wildman–Crippen LogP) is 0.855. The molecule has 3 rings (SSSR count). The second-order valence-electron chi connectivity index (χ2n) is 7.09. The Morgan fingerprint density at radius 1 is 1.35 bits per heavy atom. The van der Waals surface area contributed by atoms with Crippen molar-refractivity contribution in [3.05, 3.63) is 40.3 Å². The number of ether oxygens (including phenoxy) is 2. The first-order valence-electron chi connectivity index (χ1n) is 9.58. The second-order valence-corrected chi connectivity index (χ2v) is 9.00. The molecule has 1 aliphatic rings. The number of hydrogen-bond donors (Lipinski definition) is 1. The van der Waals surface area contributed by atoms with Crippen molar-refractivity contribution >= 4 is 39.2 Å². The number of alkyl halides is 3. The zero-order chi connectivity index (χ0) is 24.2. The number of nitrogens with one attached hydrogen (secondary N) is 1. The molecule has 1 aromatic heterocycles. The second kappa shape index (κ2) is 11.8. The van der Waals surface area contributed by atoms with Gasteiger partial charge in [0.2, 0.25) is 0 Å². The average Bonchev–Trinajstić information content (AvgIpc) is 3.11. The molecular weight excluding hydrogens is 514 g/mol. The van der Waals surface area contributed by atoms with Crippen LogP contribution in [0.2, 0.25) is 5.02 Å². The fourth-order valence-corrected chi connectivity index (χ4v) is 4.67. The first kappa shape index (κ1) is 28.5. The molecule has 10 nitrogen and oxygen atoms in total. The Bertz CT molecular complexity index is 1100. The maximum absolute atomic E-state index is 13.0. The SMILES string of the molecule is Cn1cc(N(C2CCOCC2)S(=O)(=O)[N-]C(=O)Nc2cc(Cl)cc(OCC(F)(F)F)c2)cn1.[Na+]. The molecule has 0 radical (unpaired) electrons. The maximum atomic E-state index is 13.0. The van der Waals surface area contributed by atoms with E-state index in [1.807, 2.05) is 0 Å². The molecule has 2 amide bonds. The van der Waals surface area contributed by atoms with Gasteiger partial charge in [0, 0.05) is 37.5 Å². The topological polar surface area (TPSA) is 117 Å². The van der Waals surface area contributed by atoms with Gasteiger partial charge in [-0.3, -0.25) is 13.8 Å². The average molecular weight is 534 g/mol. The fourth-order valence-electron chi connectivity index (χ4n) is 3.15. The van der Waals surface area contributed by atoms with Crippen LogP contribution in [0, 0.1) is 0 Å². The van der Waals surface area contributed by atoms with Gasteiger partial charge in [0.15, 0.2) is 12.6 Å². The van der Waals surface area contributed by atoms with E-state index in [-0.39, 0.29) is 51.7 Å². The van der Waals surface area contributed by atoms with Gasteiger partial charge in [0.1, 0.15) is 5.75 Å². The number of anilines is 2. The van der Waals surface area contributed by atoms with E-state index >= 15 is 0 Å². The number of carbonyl (C=O) groups excluding carboxylic acids is 1. The quantitative estimate of drug-likeness (QED) is 0.528. The van der Waals surface area contributed by atoms with Crippen molar-refractivity contribution in [3.8, 4) is 5.75 Å². The predicted molar refractivity (Wildman–Crippen MR) is 114 cm³/mol. The molecular formula is C18H20ClF3N5NaO5S. The van der Waals surface area contributed by atoms with Crippen molar-refractivity contribution in [2.24, 2.45) is 7.05 Å². The number of carbonyl (C=O) groups is 1. The third kappa shape index (κ3) is 8.20. The number of amides is 2. The van der Waals surface area contributed by atoms with Gasteiger partial charge < -0.3 is 19.5 Å². The van der Waals surface area contributed by atoms with Crippen LogP contribution >= 0.6 is 11.6 Å². The number of urea groups is 1. The van der Waals surface area contributed by atoms with Crippen molar-refractivity contribution in [2.75, 3.05) is 29.4 Å². The van der Waals surface area contributed by atoms with Crippen molar-refractivity contribution in [2.45, 2.75) is 25.1 Å². The minimum atomic E-state index is -4.57. The number of benzene rings is 1. The van der Waals surface area contributed by atoms with Gasteiger partial charge in [-0.2, -0.15) is 18.3 Å². The molecule has 0 aliphatic carbocycles. The van der Waals surface area contributed by atoms with Crippen LogP contribution in [0.1, 0.15) is 12.8 Å². The number of nitrogens with zero attached hydrogens (tertiary/aromatic N) is 4. The van der Waals surface area contributed by atoms with Crippen molar-refractivity contribution < 1.29 is 65.4 Å². The van der Waals surface area contributed by atoms with Crippen molar-refractivity contribution in [1.29, 1.82) is 0 Å². The molecule has 1 aromatic carbocycles. The Labute approximate surface area is 221 Å². The number of rotatable bonds is 7. The molecule has 1 saturated heterocycles. The molecule has 34 heavy (non-hydrogen) atoms. The minimum Gasteiger partial charge on any atom is -0.484 e. The van der Waals surface area contributed by atoms with Crippen LogP contribution in [-0.2, 0) is 22.0 Å². The van der Waals surface area contributed by atoms with Gasteiger partial charge in [-0.15, -0.1) is 0 Å². The molecule has 0 bridgehead atoms. The molecule has 0 unspecified atom stereocenters. The fraction of sp³-hybridized carbons (Fsp3) is 0.444. The number of hydrogen-bond acceptors (Lipinski definition) is 6. The molecule has 2 aromatic rings. The number of aryl methyl sites for hydroxylation is 1. The summed E-state index contributed by atoms with van der Waals surface area (Å²) in [5, 5.41) is 6.13. The van der Waals surface area contributed by atoms with Gasteiger partial charge in [-0.05, 0) is 36.7 Å². The molecule has 1 fully saturated rings. The van der Waals surface area contributed by atoms with E-state index in [2.05, 4.69) is 19.9 Å². The monoisotopic (exact) mass is 533 g/mol. The number of aromatic nitrogens is 2. The summed E-state index contributed by atoms with van der Waals surface area (Å²) in [6.45, 7) is -0.886. The summed E-state index contributed by atoms with van der Waals surface area (Å²) in [5.74, 6) is -0.267. The van der Waals surface area contributed by atoms with Gasteiger partial charge in [-0.25, -0.2) is 8.42 Å². The van der Waals surface area contributed by atoms with Crippen LogP contribution in [-0.4, -0.2) is 56.3 Å². The molecule has 16 heteroatoms. The van der Waals surface area contributed by atoms with Crippen LogP contribution in [0.3, 0.4) is 0 Å². The van der Waals surface area contributed by atoms with E-state index in [0.717, 1.165) is 16.4 Å². The van der Waals surface area contributed by atoms with E-state index in [9.17, 15) is 26.4 Å². The Morgan fingerprint density at radius 3 is 2.62 bits per heavy atom. The molecule has 0 saturated carbocycles. The van der Waals surface area contributed by atoms with Crippen molar-refractivity contribution in [3.63, 3.8) is 0 Å².